The second kappa shape index (κ2) is 9.88. The zero-order valence-electron chi connectivity index (χ0n) is 16.6. The van der Waals surface area contributed by atoms with Gasteiger partial charge in [0.2, 0.25) is 0 Å². The number of ether oxygens (including phenoxy) is 1. The Bertz CT molecular complexity index is 809. The summed E-state index contributed by atoms with van der Waals surface area (Å²) in [5.41, 5.74) is 1.07. The van der Waals surface area contributed by atoms with Crippen molar-refractivity contribution < 1.29 is 9.53 Å². The first-order chi connectivity index (χ1) is 13.6. The number of carbonyl (C=O) groups is 1. The van der Waals surface area contributed by atoms with Crippen LogP contribution in [-0.4, -0.2) is 73.2 Å². The number of hydrogen-bond donors (Lipinski definition) is 1. The van der Waals surface area contributed by atoms with Gasteiger partial charge in [0.05, 0.1) is 22.2 Å². The third-order valence-corrected chi connectivity index (χ3v) is 6.45. The van der Waals surface area contributed by atoms with E-state index in [2.05, 4.69) is 37.7 Å². The van der Waals surface area contributed by atoms with Crippen molar-refractivity contribution in [3.63, 3.8) is 0 Å². The Morgan fingerprint density at radius 3 is 2.68 bits per heavy atom. The highest BCUT2D eigenvalue weighted by Crippen LogP contribution is 2.29. The molecule has 0 bridgehead atoms. The maximum Gasteiger partial charge on any atom is 0.409 e. The molecule has 0 atom stereocenters. The van der Waals surface area contributed by atoms with Crippen LogP contribution in [0.2, 0.25) is 0 Å². The Kier molecular flexibility index (Phi) is 7.27. The summed E-state index contributed by atoms with van der Waals surface area (Å²) in [4.78, 5) is 27.3. The Hall–Kier alpha value is -2.13. The number of piperazine rings is 1. The van der Waals surface area contributed by atoms with Crippen LogP contribution in [0, 0.1) is 6.92 Å². The second-order valence-corrected chi connectivity index (χ2v) is 8.65. The maximum absolute atomic E-state index is 11.8. The molecule has 3 heterocycles. The quantitative estimate of drug-likeness (QED) is 0.593. The molecular formula is C19H27N5O2S2. The molecule has 2 aromatic rings. The Morgan fingerprint density at radius 2 is 2.04 bits per heavy atom. The summed E-state index contributed by atoms with van der Waals surface area (Å²) in [5, 5.41) is 6.65. The van der Waals surface area contributed by atoms with Gasteiger partial charge < -0.3 is 19.9 Å². The highest BCUT2D eigenvalue weighted by molar-refractivity contribution is 7.16. The van der Waals surface area contributed by atoms with E-state index in [1.807, 2.05) is 13.8 Å². The van der Waals surface area contributed by atoms with Gasteiger partial charge in [0.15, 0.2) is 5.96 Å². The largest absolute Gasteiger partial charge is 0.450 e. The lowest BCUT2D eigenvalue weighted by Gasteiger charge is -2.35. The summed E-state index contributed by atoms with van der Waals surface area (Å²) in [7, 11) is 1.80. The second-order valence-electron chi connectivity index (χ2n) is 6.41. The molecule has 152 valence electrons. The van der Waals surface area contributed by atoms with Crippen molar-refractivity contribution in [1.82, 2.24) is 20.1 Å². The Labute approximate surface area is 174 Å². The molecule has 0 spiro atoms. The Morgan fingerprint density at radius 1 is 1.29 bits per heavy atom. The summed E-state index contributed by atoms with van der Waals surface area (Å²) in [6.07, 6.45) is 0.712. The molecule has 1 saturated heterocycles. The van der Waals surface area contributed by atoms with E-state index in [4.69, 9.17) is 4.74 Å². The van der Waals surface area contributed by atoms with Crippen molar-refractivity contribution in [1.29, 1.82) is 0 Å². The van der Waals surface area contributed by atoms with Gasteiger partial charge in [-0.2, -0.15) is 0 Å². The molecule has 1 N–H and O–H groups in total. The van der Waals surface area contributed by atoms with Gasteiger partial charge >= 0.3 is 6.09 Å². The summed E-state index contributed by atoms with van der Waals surface area (Å²) < 4.78 is 5.07. The third kappa shape index (κ3) is 5.23. The summed E-state index contributed by atoms with van der Waals surface area (Å²) in [6, 6.07) is 4.33. The molecule has 1 fully saturated rings. The number of rotatable bonds is 5. The van der Waals surface area contributed by atoms with Crippen LogP contribution < -0.4 is 5.32 Å². The van der Waals surface area contributed by atoms with E-state index < -0.39 is 0 Å². The lowest BCUT2D eigenvalue weighted by atomic mass is 10.3. The predicted molar refractivity (Wildman–Crippen MR) is 115 cm³/mol. The number of aryl methyl sites for hydroxylation is 1. The molecule has 1 aliphatic rings. The van der Waals surface area contributed by atoms with E-state index in [0.717, 1.165) is 42.7 Å². The van der Waals surface area contributed by atoms with Crippen molar-refractivity contribution in [2.45, 2.75) is 20.3 Å². The number of carbonyl (C=O) groups excluding carboxylic acids is 1. The van der Waals surface area contributed by atoms with Crippen molar-refractivity contribution in [2.75, 3.05) is 46.4 Å². The first-order valence-electron chi connectivity index (χ1n) is 9.49. The van der Waals surface area contributed by atoms with Crippen LogP contribution in [0.1, 0.15) is 16.8 Å². The zero-order chi connectivity index (χ0) is 19.9. The molecule has 0 aliphatic carbocycles. The summed E-state index contributed by atoms with van der Waals surface area (Å²) in [6.45, 7) is 7.91. The predicted octanol–water partition coefficient (Wildman–Crippen LogP) is 3.07. The maximum atomic E-state index is 11.8. The molecule has 0 unspecified atom stereocenters. The summed E-state index contributed by atoms with van der Waals surface area (Å²) >= 11 is 3.48. The molecule has 3 rings (SSSR count). The highest BCUT2D eigenvalue weighted by Gasteiger charge is 2.23. The van der Waals surface area contributed by atoms with Gasteiger partial charge in [0.25, 0.3) is 0 Å². The smallest absolute Gasteiger partial charge is 0.409 e. The number of nitrogens with zero attached hydrogens (tertiary/aromatic N) is 4. The van der Waals surface area contributed by atoms with Crippen LogP contribution in [0.25, 0.3) is 10.6 Å². The first kappa shape index (κ1) is 20.6. The minimum Gasteiger partial charge on any atom is -0.450 e. The lowest BCUT2D eigenvalue weighted by Crippen LogP contribution is -2.54. The van der Waals surface area contributed by atoms with Crippen molar-refractivity contribution in [3.05, 3.63) is 27.4 Å². The fourth-order valence-electron chi connectivity index (χ4n) is 3.07. The molecular weight excluding hydrogens is 394 g/mol. The van der Waals surface area contributed by atoms with Crippen LogP contribution >= 0.6 is 22.7 Å². The van der Waals surface area contributed by atoms with Gasteiger partial charge in [-0.3, -0.25) is 4.99 Å². The molecule has 7 nitrogen and oxygen atoms in total. The fourth-order valence-corrected chi connectivity index (χ4v) is 4.73. The van der Waals surface area contributed by atoms with Crippen LogP contribution in [0.5, 0.6) is 0 Å². The standard InChI is InChI=1S/C19H27N5O2S2/c1-4-26-19(25)24-11-9-23(10-12-24)18(20-3)21-8-7-15-5-6-17(28-15)16-13-27-14(2)22-16/h5-6,13H,4,7-12H2,1-3H3,(H,20,21). The SMILES string of the molecule is CCOC(=O)N1CCN(C(=NC)NCCc2ccc(-c3csc(C)n3)s2)CC1. The van der Waals surface area contributed by atoms with Gasteiger partial charge in [-0.15, -0.1) is 22.7 Å². The van der Waals surface area contributed by atoms with E-state index in [1.54, 1.807) is 34.6 Å². The first-order valence-corrected chi connectivity index (χ1v) is 11.2. The highest BCUT2D eigenvalue weighted by atomic mass is 32.1. The zero-order valence-corrected chi connectivity index (χ0v) is 18.2. The fraction of sp³-hybridized carbons (Fsp3) is 0.526. The van der Waals surface area contributed by atoms with Gasteiger partial charge in [-0.05, 0) is 32.4 Å². The molecule has 9 heteroatoms. The van der Waals surface area contributed by atoms with Gasteiger partial charge in [0, 0.05) is 50.0 Å². The van der Waals surface area contributed by atoms with Crippen LogP contribution in [0.15, 0.2) is 22.5 Å². The number of amides is 1. The van der Waals surface area contributed by atoms with Gasteiger partial charge in [0.1, 0.15) is 0 Å². The van der Waals surface area contributed by atoms with Gasteiger partial charge in [-0.1, -0.05) is 0 Å². The van der Waals surface area contributed by atoms with E-state index >= 15 is 0 Å². The normalized spacial score (nSPS) is 15.0. The Balaban J connectivity index is 1.45. The lowest BCUT2D eigenvalue weighted by molar-refractivity contribution is 0.0915. The minimum absolute atomic E-state index is 0.228. The number of guanidine groups is 1. The van der Waals surface area contributed by atoms with E-state index in [1.165, 1.54) is 9.75 Å². The van der Waals surface area contributed by atoms with Crippen LogP contribution in [0.3, 0.4) is 0 Å². The molecule has 0 saturated carbocycles. The number of aliphatic imine (C=N–C) groups is 1. The molecule has 1 amide bonds. The average Bonchev–Trinajstić information content (AvgIpc) is 3.34. The summed E-state index contributed by atoms with van der Waals surface area (Å²) in [5.74, 6) is 0.885. The minimum atomic E-state index is -0.228. The van der Waals surface area contributed by atoms with E-state index in [9.17, 15) is 4.79 Å². The number of hydrogen-bond acceptors (Lipinski definition) is 6. The number of thiophene rings is 1. The molecule has 2 aromatic heterocycles. The molecule has 0 radical (unpaired) electrons. The van der Waals surface area contributed by atoms with E-state index in [0.29, 0.717) is 19.7 Å². The van der Waals surface area contributed by atoms with Crippen molar-refractivity contribution >= 4 is 34.7 Å². The molecule has 0 aromatic carbocycles. The van der Waals surface area contributed by atoms with Crippen molar-refractivity contribution in [2.24, 2.45) is 4.99 Å². The van der Waals surface area contributed by atoms with Crippen LogP contribution in [-0.2, 0) is 11.2 Å². The van der Waals surface area contributed by atoms with Gasteiger partial charge in [-0.25, -0.2) is 9.78 Å². The number of nitrogens with one attached hydrogen (secondary N) is 1. The molecule has 1 aliphatic heterocycles. The number of thiazole rings is 1. The monoisotopic (exact) mass is 421 g/mol. The number of aromatic nitrogens is 1. The molecule has 28 heavy (non-hydrogen) atoms. The third-order valence-electron chi connectivity index (χ3n) is 4.50. The average molecular weight is 422 g/mol. The topological polar surface area (TPSA) is 70.1 Å². The van der Waals surface area contributed by atoms with Crippen LogP contribution in [0.4, 0.5) is 4.79 Å². The van der Waals surface area contributed by atoms with E-state index in [-0.39, 0.29) is 6.09 Å². The van der Waals surface area contributed by atoms with Crippen molar-refractivity contribution in [3.8, 4) is 10.6 Å².